The minimum Gasteiger partial charge on any atom is -0.269 e. The van der Waals surface area contributed by atoms with E-state index in [2.05, 4.69) is 4.98 Å². The zero-order chi connectivity index (χ0) is 25.1. The summed E-state index contributed by atoms with van der Waals surface area (Å²) in [5.41, 5.74) is -0.0552. The Labute approximate surface area is 205 Å². The molecule has 3 aromatic carbocycles. The summed E-state index contributed by atoms with van der Waals surface area (Å²) in [7, 11) is 0. The van der Waals surface area contributed by atoms with E-state index in [-0.39, 0.29) is 50.1 Å². The second-order valence-electron chi connectivity index (χ2n) is 7.74. The Morgan fingerprint density at radius 2 is 1.46 bits per heavy atom. The number of imide groups is 1. The number of carbonyl (C=O) groups is 3. The van der Waals surface area contributed by atoms with E-state index in [1.807, 2.05) is 0 Å². The molecule has 1 aliphatic rings. The number of nitrogens with zero attached hydrogens (tertiary/aromatic N) is 3. The van der Waals surface area contributed by atoms with Crippen molar-refractivity contribution < 1.29 is 27.6 Å². The predicted octanol–water partition coefficient (Wildman–Crippen LogP) is 5.85. The van der Waals surface area contributed by atoms with Gasteiger partial charge in [0.05, 0.1) is 44.3 Å². The lowest BCUT2D eigenvalue weighted by Gasteiger charge is -2.15. The molecule has 0 unspecified atom stereocenters. The number of carbonyl (C=O) groups excluding carboxylic acids is 3. The van der Waals surface area contributed by atoms with E-state index in [1.54, 1.807) is 12.1 Å². The lowest BCUT2D eigenvalue weighted by atomic mass is 10.1. The molecule has 11 heteroatoms. The van der Waals surface area contributed by atoms with Gasteiger partial charge in [0.1, 0.15) is 5.82 Å². The van der Waals surface area contributed by atoms with Gasteiger partial charge in [-0.3, -0.25) is 23.9 Å². The smallest absolute Gasteiger partial charge is 0.269 e. The number of imidazole rings is 1. The van der Waals surface area contributed by atoms with Gasteiger partial charge in [-0.1, -0.05) is 35.3 Å². The molecular weight excluding hydrogens is 506 g/mol. The molecule has 0 saturated heterocycles. The number of hydrogen-bond acceptors (Lipinski definition) is 4. The van der Waals surface area contributed by atoms with Crippen LogP contribution in [0, 0.1) is 0 Å². The highest BCUT2D eigenvalue weighted by molar-refractivity contribution is 6.42. The molecule has 0 atom stereocenters. The highest BCUT2D eigenvalue weighted by Crippen LogP contribution is 2.32. The van der Waals surface area contributed by atoms with Gasteiger partial charge in [-0.25, -0.2) is 4.98 Å². The van der Waals surface area contributed by atoms with Crippen LogP contribution in [0.15, 0.2) is 60.7 Å². The van der Waals surface area contributed by atoms with Crippen molar-refractivity contribution in [2.24, 2.45) is 0 Å². The van der Waals surface area contributed by atoms with Gasteiger partial charge in [0, 0.05) is 5.56 Å². The van der Waals surface area contributed by atoms with Crippen LogP contribution < -0.4 is 0 Å². The monoisotopic (exact) mass is 517 g/mol. The van der Waals surface area contributed by atoms with Crippen molar-refractivity contribution in [3.05, 3.63) is 98.8 Å². The van der Waals surface area contributed by atoms with Crippen molar-refractivity contribution in [1.29, 1.82) is 0 Å². The summed E-state index contributed by atoms with van der Waals surface area (Å²) in [5.74, 6) is -1.81. The Kier molecular flexibility index (Phi) is 5.41. The molecule has 6 nitrogen and oxygen atoms in total. The zero-order valence-electron chi connectivity index (χ0n) is 17.4. The van der Waals surface area contributed by atoms with Crippen LogP contribution in [0.4, 0.5) is 13.2 Å². The maximum absolute atomic E-state index is 13.4. The number of halogens is 5. The highest BCUT2D eigenvalue weighted by Gasteiger charge is 2.37. The van der Waals surface area contributed by atoms with E-state index in [0.717, 1.165) is 33.7 Å². The van der Waals surface area contributed by atoms with E-state index in [1.165, 1.54) is 24.3 Å². The summed E-state index contributed by atoms with van der Waals surface area (Å²) in [6, 6.07) is 12.8. The minimum absolute atomic E-state index is 0.0118. The van der Waals surface area contributed by atoms with Crippen LogP contribution in [0.5, 0.6) is 0 Å². The fraction of sp³-hybridized carbons (Fsp3) is 0.0833. The summed E-state index contributed by atoms with van der Waals surface area (Å²) < 4.78 is 40.0. The lowest BCUT2D eigenvalue weighted by Crippen LogP contribution is -2.31. The number of hydrogen-bond donors (Lipinski definition) is 0. The first kappa shape index (κ1) is 23.1. The largest absolute Gasteiger partial charge is 0.416 e. The van der Waals surface area contributed by atoms with Gasteiger partial charge in [-0.2, -0.15) is 13.2 Å². The SMILES string of the molecule is O=C1c2ccccc2C(=O)N1Cc1nc2cc(Cl)c(Cl)cc2n1C(=O)c1ccc(C(F)(F)F)cc1. The van der Waals surface area contributed by atoms with Crippen LogP contribution >= 0.6 is 23.2 Å². The molecule has 0 fully saturated rings. The minimum atomic E-state index is -4.57. The molecule has 4 aromatic rings. The van der Waals surface area contributed by atoms with Crippen LogP contribution in [0.1, 0.15) is 42.5 Å². The van der Waals surface area contributed by atoms with Gasteiger partial charge in [0.15, 0.2) is 0 Å². The van der Waals surface area contributed by atoms with Gasteiger partial charge < -0.3 is 0 Å². The molecule has 0 saturated carbocycles. The summed E-state index contributed by atoms with van der Waals surface area (Å²) in [6.45, 7) is -0.358. The topological polar surface area (TPSA) is 72.3 Å². The average Bonchev–Trinajstić information content (AvgIpc) is 3.28. The molecule has 2 amide bonds. The molecule has 0 spiro atoms. The predicted molar refractivity (Wildman–Crippen MR) is 122 cm³/mol. The second-order valence-corrected chi connectivity index (χ2v) is 8.56. The number of rotatable bonds is 3. The van der Waals surface area contributed by atoms with E-state index in [9.17, 15) is 27.6 Å². The van der Waals surface area contributed by atoms with E-state index in [4.69, 9.17) is 23.2 Å². The van der Waals surface area contributed by atoms with E-state index < -0.39 is 29.5 Å². The van der Waals surface area contributed by atoms with Crippen molar-refractivity contribution >= 4 is 52.0 Å². The molecule has 5 rings (SSSR count). The Balaban J connectivity index is 1.61. The van der Waals surface area contributed by atoms with Gasteiger partial charge >= 0.3 is 6.18 Å². The maximum Gasteiger partial charge on any atom is 0.416 e. The first-order valence-electron chi connectivity index (χ1n) is 10.1. The second kappa shape index (κ2) is 8.21. The molecule has 0 bridgehead atoms. The quantitative estimate of drug-likeness (QED) is 0.319. The first-order chi connectivity index (χ1) is 16.6. The summed E-state index contributed by atoms with van der Waals surface area (Å²) >= 11 is 12.2. The van der Waals surface area contributed by atoms with Gasteiger partial charge in [-0.05, 0) is 48.5 Å². The maximum atomic E-state index is 13.4. The Hall–Kier alpha value is -3.69. The van der Waals surface area contributed by atoms with Gasteiger partial charge in [-0.15, -0.1) is 0 Å². The van der Waals surface area contributed by atoms with Crippen LogP contribution in [0.25, 0.3) is 11.0 Å². The third kappa shape index (κ3) is 3.86. The molecule has 176 valence electrons. The normalized spacial score (nSPS) is 13.6. The summed E-state index contributed by atoms with van der Waals surface area (Å²) in [4.78, 5) is 44.5. The Morgan fingerprint density at radius 3 is 2.03 bits per heavy atom. The van der Waals surface area contributed by atoms with Crippen molar-refractivity contribution in [3.8, 4) is 0 Å². The van der Waals surface area contributed by atoms with Crippen molar-refractivity contribution in [2.75, 3.05) is 0 Å². The van der Waals surface area contributed by atoms with Crippen molar-refractivity contribution in [3.63, 3.8) is 0 Å². The van der Waals surface area contributed by atoms with Gasteiger partial charge in [0.2, 0.25) is 0 Å². The van der Waals surface area contributed by atoms with E-state index >= 15 is 0 Å². The lowest BCUT2D eigenvalue weighted by molar-refractivity contribution is -0.137. The van der Waals surface area contributed by atoms with E-state index in [0.29, 0.717) is 0 Å². The standard InChI is InChI=1S/C24H12Cl2F3N3O3/c25-16-9-18-19(10-17(16)26)32(21(33)12-5-7-13(8-6-12)24(27,28)29)20(30-18)11-31-22(34)14-3-1-2-4-15(14)23(31)35/h1-10H,11H2. The molecule has 2 heterocycles. The van der Waals surface area contributed by atoms with Crippen molar-refractivity contribution in [2.45, 2.75) is 12.7 Å². The summed E-state index contributed by atoms with van der Waals surface area (Å²) in [5, 5.41) is 0.283. The molecule has 0 aliphatic carbocycles. The molecular formula is C24H12Cl2F3N3O3. The molecule has 1 aliphatic heterocycles. The third-order valence-corrected chi connectivity index (χ3v) is 6.33. The number of amides is 2. The number of benzene rings is 3. The van der Waals surface area contributed by atoms with Gasteiger partial charge in [0.25, 0.3) is 17.7 Å². The molecule has 35 heavy (non-hydrogen) atoms. The zero-order valence-corrected chi connectivity index (χ0v) is 18.9. The fourth-order valence-electron chi connectivity index (χ4n) is 3.91. The number of aromatic nitrogens is 2. The third-order valence-electron chi connectivity index (χ3n) is 5.61. The molecule has 0 radical (unpaired) electrons. The highest BCUT2D eigenvalue weighted by atomic mass is 35.5. The Bertz CT molecular complexity index is 1510. The average molecular weight is 518 g/mol. The molecule has 0 N–H and O–H groups in total. The summed E-state index contributed by atoms with van der Waals surface area (Å²) in [6.07, 6.45) is -4.57. The molecule has 1 aromatic heterocycles. The Morgan fingerprint density at radius 1 is 0.886 bits per heavy atom. The van der Waals surface area contributed by atoms with Crippen LogP contribution in [-0.4, -0.2) is 32.2 Å². The van der Waals surface area contributed by atoms with Crippen LogP contribution in [0.2, 0.25) is 10.0 Å². The van der Waals surface area contributed by atoms with Crippen molar-refractivity contribution in [1.82, 2.24) is 14.5 Å². The van der Waals surface area contributed by atoms with Crippen LogP contribution in [0.3, 0.4) is 0 Å². The number of alkyl halides is 3. The van der Waals surface area contributed by atoms with Crippen LogP contribution in [-0.2, 0) is 12.7 Å². The number of fused-ring (bicyclic) bond motifs is 2. The fourth-order valence-corrected chi connectivity index (χ4v) is 4.23. The first-order valence-corrected chi connectivity index (χ1v) is 10.9.